The number of nitrogens with zero attached hydrogens (tertiary/aromatic N) is 2. The third kappa shape index (κ3) is 3.21. The maximum Gasteiger partial charge on any atom is 0.123 e. The molecule has 2 heterocycles. The van der Waals surface area contributed by atoms with Crippen LogP contribution in [0.5, 0.6) is 0 Å². The fraction of sp³-hybridized carbons (Fsp3) is 0.400. The first-order chi connectivity index (χ1) is 9.31. The zero-order valence-corrected chi connectivity index (χ0v) is 11.6. The number of hydrogen-bond donors (Lipinski definition) is 1. The molecule has 1 aliphatic rings. The third-order valence-corrected chi connectivity index (χ3v) is 4.38. The monoisotopic (exact) mass is 274 g/mol. The molecular formula is C15H18N2OS. The van der Waals surface area contributed by atoms with Crippen molar-refractivity contribution in [2.24, 2.45) is 0 Å². The van der Waals surface area contributed by atoms with Gasteiger partial charge in [0.15, 0.2) is 0 Å². The van der Waals surface area contributed by atoms with Crippen LogP contribution in [-0.2, 0) is 6.54 Å². The zero-order valence-electron chi connectivity index (χ0n) is 10.8. The van der Waals surface area contributed by atoms with Crippen LogP contribution in [-0.4, -0.2) is 34.2 Å². The van der Waals surface area contributed by atoms with Crippen LogP contribution in [0.25, 0.3) is 10.6 Å². The molecule has 0 aliphatic carbocycles. The summed E-state index contributed by atoms with van der Waals surface area (Å²) in [6.45, 7) is 2.69. The normalized spacial score (nSPS) is 20.6. The van der Waals surface area contributed by atoms with Gasteiger partial charge in [0.1, 0.15) is 5.01 Å². The van der Waals surface area contributed by atoms with E-state index in [0.29, 0.717) is 0 Å². The zero-order chi connectivity index (χ0) is 13.1. The van der Waals surface area contributed by atoms with Crippen LogP contribution < -0.4 is 0 Å². The molecule has 100 valence electrons. The van der Waals surface area contributed by atoms with Gasteiger partial charge in [-0.15, -0.1) is 11.3 Å². The number of thiazole rings is 1. The molecule has 0 spiro atoms. The lowest BCUT2D eigenvalue weighted by atomic mass is 10.1. The topological polar surface area (TPSA) is 36.4 Å². The molecular weight excluding hydrogens is 256 g/mol. The van der Waals surface area contributed by atoms with Gasteiger partial charge in [-0.3, -0.25) is 4.90 Å². The van der Waals surface area contributed by atoms with Crippen LogP contribution in [0, 0.1) is 0 Å². The number of benzene rings is 1. The molecule has 0 bridgehead atoms. The van der Waals surface area contributed by atoms with E-state index >= 15 is 0 Å². The Balaban J connectivity index is 1.68. The van der Waals surface area contributed by atoms with Gasteiger partial charge >= 0.3 is 0 Å². The van der Waals surface area contributed by atoms with E-state index in [4.69, 9.17) is 4.98 Å². The first kappa shape index (κ1) is 12.8. The van der Waals surface area contributed by atoms with Crippen LogP contribution >= 0.6 is 11.3 Å². The van der Waals surface area contributed by atoms with Gasteiger partial charge in [0.05, 0.1) is 11.8 Å². The van der Waals surface area contributed by atoms with Crippen molar-refractivity contribution in [1.82, 2.24) is 9.88 Å². The van der Waals surface area contributed by atoms with E-state index in [-0.39, 0.29) is 6.10 Å². The van der Waals surface area contributed by atoms with Gasteiger partial charge in [0.2, 0.25) is 0 Å². The van der Waals surface area contributed by atoms with Gasteiger partial charge in [0, 0.05) is 24.0 Å². The van der Waals surface area contributed by atoms with Crippen LogP contribution in [0.15, 0.2) is 35.7 Å². The Morgan fingerprint density at radius 3 is 2.95 bits per heavy atom. The van der Waals surface area contributed by atoms with E-state index in [2.05, 4.69) is 22.4 Å². The second kappa shape index (κ2) is 5.82. The highest BCUT2D eigenvalue weighted by Gasteiger charge is 2.18. The molecule has 1 aliphatic heterocycles. The molecule has 3 nitrogen and oxygen atoms in total. The minimum Gasteiger partial charge on any atom is -0.392 e. The molecule has 1 fully saturated rings. The lowest BCUT2D eigenvalue weighted by molar-refractivity contribution is 0.0663. The van der Waals surface area contributed by atoms with Crippen molar-refractivity contribution in [2.75, 3.05) is 13.1 Å². The van der Waals surface area contributed by atoms with Crippen molar-refractivity contribution in [3.8, 4) is 10.6 Å². The van der Waals surface area contributed by atoms with Gasteiger partial charge in [-0.1, -0.05) is 30.3 Å². The number of likely N-dealkylation sites (tertiary alicyclic amines) is 1. The quantitative estimate of drug-likeness (QED) is 0.935. The van der Waals surface area contributed by atoms with Crippen molar-refractivity contribution < 1.29 is 5.11 Å². The standard InChI is InChI=1S/C15H18N2OS/c18-14-7-4-8-17(10-14)9-13-11-19-15(16-13)12-5-2-1-3-6-12/h1-3,5-6,11,14,18H,4,7-10H2/t14-/m0/s1. The Kier molecular flexibility index (Phi) is 3.92. The van der Waals surface area contributed by atoms with Crippen LogP contribution in [0.3, 0.4) is 0 Å². The smallest absolute Gasteiger partial charge is 0.123 e. The van der Waals surface area contributed by atoms with Gasteiger partial charge in [-0.2, -0.15) is 0 Å². The summed E-state index contributed by atoms with van der Waals surface area (Å²) in [4.78, 5) is 6.98. The summed E-state index contributed by atoms with van der Waals surface area (Å²) >= 11 is 1.69. The first-order valence-corrected chi connectivity index (χ1v) is 7.59. The van der Waals surface area contributed by atoms with Gasteiger partial charge in [-0.05, 0) is 19.4 Å². The Bertz CT molecular complexity index is 526. The Morgan fingerprint density at radius 2 is 2.16 bits per heavy atom. The maximum absolute atomic E-state index is 9.68. The van der Waals surface area contributed by atoms with E-state index in [9.17, 15) is 5.11 Å². The largest absolute Gasteiger partial charge is 0.392 e. The summed E-state index contributed by atoms with van der Waals surface area (Å²) in [6, 6.07) is 10.3. The molecule has 0 unspecified atom stereocenters. The molecule has 1 saturated heterocycles. The number of aliphatic hydroxyl groups excluding tert-OH is 1. The number of aromatic nitrogens is 1. The summed E-state index contributed by atoms with van der Waals surface area (Å²) < 4.78 is 0. The summed E-state index contributed by atoms with van der Waals surface area (Å²) in [5, 5.41) is 12.9. The Hall–Kier alpha value is -1.23. The fourth-order valence-corrected chi connectivity index (χ4v) is 3.31. The summed E-state index contributed by atoms with van der Waals surface area (Å²) in [5.41, 5.74) is 2.29. The van der Waals surface area contributed by atoms with E-state index in [1.807, 2.05) is 18.2 Å². The van der Waals surface area contributed by atoms with Crippen molar-refractivity contribution in [3.05, 3.63) is 41.4 Å². The predicted octanol–water partition coefficient (Wildman–Crippen LogP) is 2.77. The second-order valence-corrected chi connectivity index (χ2v) is 5.90. The second-order valence-electron chi connectivity index (χ2n) is 5.04. The molecule has 0 amide bonds. The highest BCUT2D eigenvalue weighted by atomic mass is 32.1. The molecule has 2 aromatic rings. The molecule has 1 N–H and O–H groups in total. The molecule has 4 heteroatoms. The van der Waals surface area contributed by atoms with Crippen molar-refractivity contribution in [2.45, 2.75) is 25.5 Å². The number of rotatable bonds is 3. The maximum atomic E-state index is 9.68. The molecule has 19 heavy (non-hydrogen) atoms. The SMILES string of the molecule is O[C@H]1CCCN(Cc2csc(-c3ccccc3)n2)C1. The first-order valence-electron chi connectivity index (χ1n) is 6.71. The highest BCUT2D eigenvalue weighted by Crippen LogP contribution is 2.24. The van der Waals surface area contributed by atoms with E-state index < -0.39 is 0 Å². The van der Waals surface area contributed by atoms with Crippen molar-refractivity contribution in [1.29, 1.82) is 0 Å². The predicted molar refractivity (Wildman–Crippen MR) is 78.1 cm³/mol. The molecule has 0 radical (unpaired) electrons. The number of hydrogen-bond acceptors (Lipinski definition) is 4. The number of β-amino-alcohol motifs (C(OH)–C–C–N with tert-alkyl or cyclic N) is 1. The average Bonchev–Trinajstić information content (AvgIpc) is 2.88. The molecule has 1 aromatic carbocycles. The van der Waals surface area contributed by atoms with E-state index in [1.165, 1.54) is 5.56 Å². The lowest BCUT2D eigenvalue weighted by Crippen LogP contribution is -2.37. The Morgan fingerprint density at radius 1 is 1.32 bits per heavy atom. The summed E-state index contributed by atoms with van der Waals surface area (Å²) in [6.07, 6.45) is 1.85. The molecule has 0 saturated carbocycles. The minimum absolute atomic E-state index is 0.166. The molecule has 1 atom stereocenters. The van der Waals surface area contributed by atoms with Gasteiger partial charge < -0.3 is 5.11 Å². The van der Waals surface area contributed by atoms with Crippen LogP contribution in [0.2, 0.25) is 0 Å². The van der Waals surface area contributed by atoms with Gasteiger partial charge in [-0.25, -0.2) is 4.98 Å². The van der Waals surface area contributed by atoms with Crippen LogP contribution in [0.1, 0.15) is 18.5 Å². The summed E-state index contributed by atoms with van der Waals surface area (Å²) in [7, 11) is 0. The fourth-order valence-electron chi connectivity index (χ4n) is 2.50. The Labute approximate surface area is 117 Å². The van der Waals surface area contributed by atoms with E-state index in [1.54, 1.807) is 11.3 Å². The summed E-state index contributed by atoms with van der Waals surface area (Å²) in [5.74, 6) is 0. The highest BCUT2D eigenvalue weighted by molar-refractivity contribution is 7.13. The molecule has 1 aromatic heterocycles. The molecule has 3 rings (SSSR count). The number of piperidine rings is 1. The number of aliphatic hydroxyl groups is 1. The minimum atomic E-state index is -0.166. The van der Waals surface area contributed by atoms with Crippen molar-refractivity contribution >= 4 is 11.3 Å². The average molecular weight is 274 g/mol. The lowest BCUT2D eigenvalue weighted by Gasteiger charge is -2.29. The van der Waals surface area contributed by atoms with Gasteiger partial charge in [0.25, 0.3) is 0 Å². The van der Waals surface area contributed by atoms with Crippen LogP contribution in [0.4, 0.5) is 0 Å². The van der Waals surface area contributed by atoms with Crippen molar-refractivity contribution in [3.63, 3.8) is 0 Å². The van der Waals surface area contributed by atoms with E-state index in [0.717, 1.165) is 43.2 Å². The third-order valence-electron chi connectivity index (χ3n) is 3.44.